The summed E-state index contributed by atoms with van der Waals surface area (Å²) < 4.78 is 5.59. The minimum absolute atomic E-state index is 0.344. The average Bonchev–Trinajstić information content (AvgIpc) is 2.41. The summed E-state index contributed by atoms with van der Waals surface area (Å²) in [5.41, 5.74) is 2.86. The van der Waals surface area contributed by atoms with Gasteiger partial charge in [0, 0.05) is 10.6 Å². The van der Waals surface area contributed by atoms with Crippen LogP contribution in [0.1, 0.15) is 11.1 Å². The van der Waals surface area contributed by atoms with Crippen LogP contribution in [0.5, 0.6) is 0 Å². The summed E-state index contributed by atoms with van der Waals surface area (Å²) in [5, 5.41) is 4.02. The Bertz CT molecular complexity index is 667. The zero-order chi connectivity index (χ0) is 13.2. The first-order chi connectivity index (χ1) is 9.22. The lowest BCUT2D eigenvalue weighted by atomic mass is 10.1. The molecule has 0 atom stereocenters. The minimum Gasteiger partial charge on any atom is -0.431 e. The molecule has 2 nitrogen and oxygen atoms in total. The zero-order valence-electron chi connectivity index (χ0n) is 9.89. The Hall–Kier alpha value is -1.84. The molecule has 2 aromatic carbocycles. The molecule has 0 aromatic heterocycles. The van der Waals surface area contributed by atoms with Crippen LogP contribution in [0.2, 0.25) is 5.02 Å². The lowest BCUT2D eigenvalue weighted by molar-refractivity contribution is 0.517. The van der Waals surface area contributed by atoms with Crippen LogP contribution in [0.25, 0.3) is 11.8 Å². The van der Waals surface area contributed by atoms with Gasteiger partial charge in [0.2, 0.25) is 0 Å². The van der Waals surface area contributed by atoms with E-state index in [2.05, 4.69) is 5.32 Å². The number of anilines is 1. The molecule has 3 rings (SSSR count). The quantitative estimate of drug-likeness (QED) is 0.777. The molecule has 2 aromatic rings. The minimum atomic E-state index is 0.344. The van der Waals surface area contributed by atoms with Gasteiger partial charge in [-0.2, -0.15) is 0 Å². The maximum Gasteiger partial charge on any atom is 0.266 e. The van der Waals surface area contributed by atoms with Crippen molar-refractivity contribution in [3.05, 3.63) is 64.7 Å². The van der Waals surface area contributed by atoms with Gasteiger partial charge in [-0.1, -0.05) is 41.9 Å². The van der Waals surface area contributed by atoms with Gasteiger partial charge in [-0.3, -0.25) is 0 Å². The largest absolute Gasteiger partial charge is 0.431 e. The monoisotopic (exact) mass is 287 g/mol. The van der Waals surface area contributed by atoms with Crippen LogP contribution in [-0.2, 0) is 4.74 Å². The number of hydrogen-bond donors (Lipinski definition) is 1. The molecule has 0 spiro atoms. The molecule has 1 heterocycles. The number of nitrogens with one attached hydrogen (secondary N) is 1. The van der Waals surface area contributed by atoms with Crippen LogP contribution in [0.15, 0.2) is 48.5 Å². The van der Waals surface area contributed by atoms with E-state index in [1.165, 1.54) is 0 Å². The van der Waals surface area contributed by atoms with Crippen LogP contribution in [0.3, 0.4) is 0 Å². The second-order valence-electron chi connectivity index (χ2n) is 4.12. The summed E-state index contributed by atoms with van der Waals surface area (Å²) in [4.78, 5) is 0. The highest BCUT2D eigenvalue weighted by molar-refractivity contribution is 7.80. The number of benzene rings is 2. The average molecular weight is 288 g/mol. The Morgan fingerprint density at radius 1 is 1.11 bits per heavy atom. The molecule has 0 saturated heterocycles. The van der Waals surface area contributed by atoms with Crippen molar-refractivity contribution >= 4 is 46.5 Å². The summed E-state index contributed by atoms with van der Waals surface area (Å²) in [5.74, 6) is 0.701. The molecule has 1 aliphatic rings. The van der Waals surface area contributed by atoms with Gasteiger partial charge in [0.05, 0.1) is 5.69 Å². The molecular weight excluding hydrogens is 278 g/mol. The highest BCUT2D eigenvalue weighted by atomic mass is 35.5. The molecule has 19 heavy (non-hydrogen) atoms. The molecule has 1 N–H and O–H groups in total. The molecule has 0 bridgehead atoms. The molecule has 0 amide bonds. The molecule has 0 unspecified atom stereocenters. The Morgan fingerprint density at radius 3 is 2.68 bits per heavy atom. The van der Waals surface area contributed by atoms with Gasteiger partial charge in [-0.25, -0.2) is 0 Å². The first kappa shape index (κ1) is 12.2. The normalized spacial score (nSPS) is 15.6. The van der Waals surface area contributed by atoms with E-state index in [9.17, 15) is 0 Å². The van der Waals surface area contributed by atoms with E-state index in [0.717, 1.165) is 16.8 Å². The summed E-state index contributed by atoms with van der Waals surface area (Å²) in [6, 6.07) is 15.5. The summed E-state index contributed by atoms with van der Waals surface area (Å²) in [7, 11) is 0. The van der Waals surface area contributed by atoms with Crippen molar-refractivity contribution in [1.82, 2.24) is 0 Å². The van der Waals surface area contributed by atoms with E-state index in [1.807, 2.05) is 54.6 Å². The fourth-order valence-electron chi connectivity index (χ4n) is 1.93. The summed E-state index contributed by atoms with van der Waals surface area (Å²) >= 11 is 11.1. The fourth-order valence-corrected chi connectivity index (χ4v) is 2.30. The highest BCUT2D eigenvalue weighted by Crippen LogP contribution is 2.33. The SMILES string of the molecule is S=C1Nc2ccc(Cl)cc2/C(=C/c2ccccc2)O1. The lowest BCUT2D eigenvalue weighted by Gasteiger charge is -2.22. The molecule has 1 aliphatic heterocycles. The lowest BCUT2D eigenvalue weighted by Crippen LogP contribution is -2.19. The molecule has 0 radical (unpaired) electrons. The number of rotatable bonds is 1. The standard InChI is InChI=1S/C15H10ClNOS/c16-11-6-7-13-12(9-11)14(18-15(19)17-13)8-10-4-2-1-3-5-10/h1-9H,(H,17,19)/b14-8-. The van der Waals surface area contributed by atoms with Gasteiger partial charge >= 0.3 is 0 Å². The number of halogens is 1. The molecule has 0 aliphatic carbocycles. The van der Waals surface area contributed by atoms with Gasteiger partial charge < -0.3 is 10.1 Å². The highest BCUT2D eigenvalue weighted by Gasteiger charge is 2.18. The van der Waals surface area contributed by atoms with Crippen molar-refractivity contribution < 1.29 is 4.74 Å². The third-order valence-electron chi connectivity index (χ3n) is 2.78. The predicted molar refractivity (Wildman–Crippen MR) is 83.1 cm³/mol. The van der Waals surface area contributed by atoms with E-state index in [4.69, 9.17) is 28.6 Å². The van der Waals surface area contributed by atoms with Crippen molar-refractivity contribution in [2.75, 3.05) is 5.32 Å². The number of ether oxygens (including phenoxy) is 1. The van der Waals surface area contributed by atoms with Crippen molar-refractivity contribution in [1.29, 1.82) is 0 Å². The van der Waals surface area contributed by atoms with Crippen LogP contribution >= 0.6 is 23.8 Å². The van der Waals surface area contributed by atoms with Gasteiger partial charge in [-0.05, 0) is 42.1 Å². The van der Waals surface area contributed by atoms with Crippen LogP contribution in [0, 0.1) is 0 Å². The summed E-state index contributed by atoms with van der Waals surface area (Å²) in [6.45, 7) is 0. The third kappa shape index (κ3) is 2.62. The maximum absolute atomic E-state index is 6.04. The summed E-state index contributed by atoms with van der Waals surface area (Å²) in [6.07, 6.45) is 1.95. The van der Waals surface area contributed by atoms with Crippen molar-refractivity contribution in [2.45, 2.75) is 0 Å². The van der Waals surface area contributed by atoms with Gasteiger partial charge in [0.1, 0.15) is 5.76 Å². The Morgan fingerprint density at radius 2 is 1.89 bits per heavy atom. The molecule has 94 valence electrons. The first-order valence-corrected chi connectivity index (χ1v) is 6.56. The van der Waals surface area contributed by atoms with Crippen LogP contribution in [-0.4, -0.2) is 5.17 Å². The number of fused-ring (bicyclic) bond motifs is 1. The molecule has 0 fully saturated rings. The van der Waals surface area contributed by atoms with Gasteiger partial charge in [0.15, 0.2) is 0 Å². The van der Waals surface area contributed by atoms with Gasteiger partial charge in [-0.15, -0.1) is 0 Å². The topological polar surface area (TPSA) is 21.3 Å². The zero-order valence-corrected chi connectivity index (χ0v) is 11.5. The smallest absolute Gasteiger partial charge is 0.266 e. The number of hydrogen-bond acceptors (Lipinski definition) is 2. The second kappa shape index (κ2) is 5.03. The second-order valence-corrected chi connectivity index (χ2v) is 4.93. The van der Waals surface area contributed by atoms with Crippen LogP contribution < -0.4 is 5.32 Å². The van der Waals surface area contributed by atoms with Crippen LogP contribution in [0.4, 0.5) is 5.69 Å². The van der Waals surface area contributed by atoms with E-state index in [-0.39, 0.29) is 0 Å². The Labute approximate surface area is 121 Å². The van der Waals surface area contributed by atoms with E-state index >= 15 is 0 Å². The van der Waals surface area contributed by atoms with Crippen molar-refractivity contribution in [3.8, 4) is 0 Å². The van der Waals surface area contributed by atoms with Crippen molar-refractivity contribution in [3.63, 3.8) is 0 Å². The number of thiocarbonyl (C=S) groups is 1. The Balaban J connectivity index is 2.10. The Kier molecular flexibility index (Phi) is 3.23. The van der Waals surface area contributed by atoms with E-state index in [0.29, 0.717) is 16.0 Å². The predicted octanol–water partition coefficient (Wildman–Crippen LogP) is 4.57. The van der Waals surface area contributed by atoms with Gasteiger partial charge in [0.25, 0.3) is 5.17 Å². The third-order valence-corrected chi connectivity index (χ3v) is 3.20. The molecule has 4 heteroatoms. The van der Waals surface area contributed by atoms with Crippen molar-refractivity contribution in [2.24, 2.45) is 0 Å². The fraction of sp³-hybridized carbons (Fsp3) is 0. The molecular formula is C15H10ClNOS. The maximum atomic E-state index is 6.04. The van der Waals surface area contributed by atoms with E-state index in [1.54, 1.807) is 0 Å². The first-order valence-electron chi connectivity index (χ1n) is 5.78. The molecule has 0 saturated carbocycles. The van der Waals surface area contributed by atoms with E-state index < -0.39 is 0 Å².